The number of rotatable bonds is 4. The van der Waals surface area contributed by atoms with Gasteiger partial charge in [0.15, 0.2) is 0 Å². The minimum absolute atomic E-state index is 0.132. The minimum atomic E-state index is -0.132. The Hall–Kier alpha value is -1.50. The maximum Gasteiger partial charge on any atom is 0.123 e. The van der Waals surface area contributed by atoms with Crippen LogP contribution in [0.25, 0.3) is 0 Å². The zero-order valence-electron chi connectivity index (χ0n) is 8.91. The van der Waals surface area contributed by atoms with E-state index >= 15 is 0 Å². The molecule has 0 aliphatic carbocycles. The molecule has 1 aromatic rings. The average Bonchev–Trinajstić information content (AvgIpc) is 2.56. The summed E-state index contributed by atoms with van der Waals surface area (Å²) in [6.45, 7) is 7.60. The molecule has 0 saturated heterocycles. The fraction of sp³-hybridized carbons (Fsp3) is 0.286. The van der Waals surface area contributed by atoms with Crippen LogP contribution in [0.5, 0.6) is 5.75 Å². The highest BCUT2D eigenvalue weighted by Gasteiger charge is 2.36. The van der Waals surface area contributed by atoms with Crippen LogP contribution < -0.4 is 4.74 Å². The Bertz CT molecular complexity index is 342. The van der Waals surface area contributed by atoms with Gasteiger partial charge in [-0.2, -0.15) is 0 Å². The first-order chi connectivity index (χ1) is 7.29. The highest BCUT2D eigenvalue weighted by Crippen LogP contribution is 2.39. The van der Waals surface area contributed by atoms with E-state index in [1.165, 1.54) is 5.56 Å². The summed E-state index contributed by atoms with van der Waals surface area (Å²) in [7, 11) is 0. The zero-order valence-corrected chi connectivity index (χ0v) is 8.91. The second kappa shape index (κ2) is 3.93. The van der Waals surface area contributed by atoms with Crippen molar-refractivity contribution in [3.05, 3.63) is 55.1 Å². The average molecular weight is 200 g/mol. The Kier molecular flexibility index (Phi) is 2.63. The summed E-state index contributed by atoms with van der Waals surface area (Å²) in [6, 6.07) is 8.23. The molecule has 0 amide bonds. The Morgan fingerprint density at radius 3 is 2.47 bits per heavy atom. The monoisotopic (exact) mass is 200 g/mol. The number of hydrogen-bond donors (Lipinski definition) is 0. The number of para-hydroxylation sites is 1. The van der Waals surface area contributed by atoms with Crippen LogP contribution in [0.4, 0.5) is 0 Å². The maximum atomic E-state index is 6.03. The van der Waals surface area contributed by atoms with Crippen molar-refractivity contribution >= 4 is 0 Å². The fourth-order valence-electron chi connectivity index (χ4n) is 2.20. The summed E-state index contributed by atoms with van der Waals surface area (Å²) in [5.41, 5.74) is 1.16. The van der Waals surface area contributed by atoms with Gasteiger partial charge in [0.25, 0.3) is 0 Å². The third kappa shape index (κ3) is 1.82. The molecule has 0 bridgehead atoms. The Morgan fingerprint density at radius 1 is 1.20 bits per heavy atom. The van der Waals surface area contributed by atoms with Crippen LogP contribution in [-0.2, 0) is 6.42 Å². The lowest BCUT2D eigenvalue weighted by Gasteiger charge is -2.26. The van der Waals surface area contributed by atoms with E-state index in [2.05, 4.69) is 25.3 Å². The van der Waals surface area contributed by atoms with Crippen LogP contribution in [0, 0.1) is 0 Å². The van der Waals surface area contributed by atoms with Crippen LogP contribution in [-0.4, -0.2) is 5.60 Å². The second-order valence-corrected chi connectivity index (χ2v) is 4.06. The summed E-state index contributed by atoms with van der Waals surface area (Å²) in [4.78, 5) is 0. The van der Waals surface area contributed by atoms with Crippen molar-refractivity contribution in [3.8, 4) is 5.75 Å². The van der Waals surface area contributed by atoms with Gasteiger partial charge in [-0.1, -0.05) is 30.4 Å². The summed E-state index contributed by atoms with van der Waals surface area (Å²) >= 11 is 0. The van der Waals surface area contributed by atoms with E-state index in [1.807, 2.05) is 24.3 Å². The molecule has 1 aliphatic rings. The van der Waals surface area contributed by atoms with Gasteiger partial charge in [-0.25, -0.2) is 0 Å². The van der Waals surface area contributed by atoms with Gasteiger partial charge in [-0.3, -0.25) is 0 Å². The molecule has 0 radical (unpaired) electrons. The summed E-state index contributed by atoms with van der Waals surface area (Å²) in [5.74, 6) is 1.02. The number of fused-ring (bicyclic) bond motifs is 1. The van der Waals surface area contributed by atoms with Gasteiger partial charge in [0.05, 0.1) is 0 Å². The summed E-state index contributed by atoms with van der Waals surface area (Å²) in [5, 5.41) is 0. The quantitative estimate of drug-likeness (QED) is 0.676. The van der Waals surface area contributed by atoms with Gasteiger partial charge >= 0.3 is 0 Å². The van der Waals surface area contributed by atoms with Crippen molar-refractivity contribution < 1.29 is 4.74 Å². The zero-order chi connectivity index (χ0) is 10.7. The lowest BCUT2D eigenvalue weighted by atomic mass is 9.90. The van der Waals surface area contributed by atoms with E-state index in [0.29, 0.717) is 0 Å². The van der Waals surface area contributed by atoms with Crippen LogP contribution in [0.15, 0.2) is 49.6 Å². The van der Waals surface area contributed by atoms with Gasteiger partial charge in [0.1, 0.15) is 11.4 Å². The number of hydrogen-bond acceptors (Lipinski definition) is 1. The molecule has 1 aliphatic heterocycles. The smallest absolute Gasteiger partial charge is 0.123 e. The fourth-order valence-corrected chi connectivity index (χ4v) is 2.20. The summed E-state index contributed by atoms with van der Waals surface area (Å²) < 4.78 is 6.03. The predicted molar refractivity (Wildman–Crippen MR) is 63.1 cm³/mol. The lowest BCUT2D eigenvalue weighted by molar-refractivity contribution is 0.101. The van der Waals surface area contributed by atoms with Crippen LogP contribution >= 0.6 is 0 Å². The van der Waals surface area contributed by atoms with Crippen LogP contribution in [0.2, 0.25) is 0 Å². The lowest BCUT2D eigenvalue weighted by Crippen LogP contribution is -2.32. The van der Waals surface area contributed by atoms with Crippen molar-refractivity contribution in [2.45, 2.75) is 24.9 Å². The number of benzene rings is 1. The van der Waals surface area contributed by atoms with Crippen molar-refractivity contribution in [3.63, 3.8) is 0 Å². The molecule has 1 heteroatoms. The molecule has 0 spiro atoms. The van der Waals surface area contributed by atoms with Crippen molar-refractivity contribution in [1.29, 1.82) is 0 Å². The number of ether oxygens (including phenoxy) is 1. The molecular weight excluding hydrogens is 184 g/mol. The Balaban J connectivity index is 2.27. The topological polar surface area (TPSA) is 9.23 Å². The molecule has 0 N–H and O–H groups in total. The van der Waals surface area contributed by atoms with Crippen molar-refractivity contribution in [2.75, 3.05) is 0 Å². The van der Waals surface area contributed by atoms with Gasteiger partial charge in [0.2, 0.25) is 0 Å². The largest absolute Gasteiger partial charge is 0.486 e. The predicted octanol–water partition coefficient (Wildman–Crippen LogP) is 3.51. The molecule has 0 unspecified atom stereocenters. The Labute approximate surface area is 91.1 Å². The SMILES string of the molecule is C=CCC1(CC=C)Cc2ccccc2O1. The molecule has 1 heterocycles. The summed E-state index contributed by atoms with van der Waals surface area (Å²) in [6.07, 6.45) is 6.55. The molecule has 1 aromatic carbocycles. The van der Waals surface area contributed by atoms with Crippen LogP contribution in [0.3, 0.4) is 0 Å². The highest BCUT2D eigenvalue weighted by atomic mass is 16.5. The minimum Gasteiger partial charge on any atom is -0.486 e. The van der Waals surface area contributed by atoms with Gasteiger partial charge in [-0.05, 0) is 11.6 Å². The van der Waals surface area contributed by atoms with E-state index in [1.54, 1.807) is 0 Å². The first-order valence-corrected chi connectivity index (χ1v) is 5.28. The molecule has 1 nitrogen and oxygen atoms in total. The molecule has 2 rings (SSSR count). The van der Waals surface area contributed by atoms with E-state index in [0.717, 1.165) is 25.0 Å². The second-order valence-electron chi connectivity index (χ2n) is 4.06. The first kappa shape index (κ1) is 10.0. The van der Waals surface area contributed by atoms with E-state index in [9.17, 15) is 0 Å². The van der Waals surface area contributed by atoms with Gasteiger partial charge in [-0.15, -0.1) is 13.2 Å². The Morgan fingerprint density at radius 2 is 1.87 bits per heavy atom. The normalized spacial score (nSPS) is 16.5. The molecule has 0 atom stereocenters. The third-order valence-corrected chi connectivity index (χ3v) is 2.84. The molecule has 0 fully saturated rings. The van der Waals surface area contributed by atoms with Crippen molar-refractivity contribution in [1.82, 2.24) is 0 Å². The van der Waals surface area contributed by atoms with Gasteiger partial charge < -0.3 is 4.74 Å². The van der Waals surface area contributed by atoms with E-state index in [-0.39, 0.29) is 5.60 Å². The molecule has 15 heavy (non-hydrogen) atoms. The van der Waals surface area contributed by atoms with Gasteiger partial charge in [0, 0.05) is 19.3 Å². The molecule has 0 aromatic heterocycles. The van der Waals surface area contributed by atoms with Crippen LogP contribution in [0.1, 0.15) is 18.4 Å². The van der Waals surface area contributed by atoms with E-state index < -0.39 is 0 Å². The van der Waals surface area contributed by atoms with Crippen molar-refractivity contribution in [2.24, 2.45) is 0 Å². The standard InChI is InChI=1S/C14H16O/c1-3-9-14(10-4-2)11-12-7-5-6-8-13(12)15-14/h3-8H,1-2,9-11H2. The molecule has 78 valence electrons. The molecule has 0 saturated carbocycles. The van der Waals surface area contributed by atoms with E-state index in [4.69, 9.17) is 4.74 Å². The first-order valence-electron chi connectivity index (χ1n) is 5.28. The third-order valence-electron chi connectivity index (χ3n) is 2.84. The molecular formula is C14H16O. The highest BCUT2D eigenvalue weighted by molar-refractivity contribution is 5.39. The maximum absolute atomic E-state index is 6.03.